The van der Waals surface area contributed by atoms with Gasteiger partial charge in [0, 0.05) is 52.0 Å². The summed E-state index contributed by atoms with van der Waals surface area (Å²) in [5, 5.41) is 0. The Kier molecular flexibility index (Phi) is 67.3. The zero-order chi connectivity index (χ0) is 22.5. The summed E-state index contributed by atoms with van der Waals surface area (Å²) in [5.74, 6) is 0. The minimum atomic E-state index is -5.17. The molecule has 0 aliphatic carbocycles. The molecule has 22 nitrogen and oxygen atoms in total. The largest absolute Gasteiger partial charge is 3.00 e. The van der Waals surface area contributed by atoms with Crippen LogP contribution in [0.3, 0.4) is 0 Å². The van der Waals surface area contributed by atoms with Gasteiger partial charge in [-0.2, -0.15) is 0 Å². The third-order valence-corrected chi connectivity index (χ3v) is 0. The fraction of sp³-hybridized carbons (Fsp3) is 0. The van der Waals surface area contributed by atoms with E-state index in [4.69, 9.17) is 87.6 Å². The van der Waals surface area contributed by atoms with E-state index >= 15 is 0 Å². The third kappa shape index (κ3) is 8150. The van der Waals surface area contributed by atoms with Gasteiger partial charge in [-0.05, 0) is 0 Å². The Balaban J connectivity index is -0.0000000171. The molecule has 0 aromatic heterocycles. The van der Waals surface area contributed by atoms with Gasteiger partial charge in [0.25, 0.3) is 0 Å². The van der Waals surface area contributed by atoms with Crippen LogP contribution in [0, 0.1) is 0 Å². The molecule has 0 saturated heterocycles. The topological polar surface area (TPSA) is 464 Å². The van der Waals surface area contributed by atoms with E-state index in [0.717, 1.165) is 0 Å². The van der Waals surface area contributed by atoms with Crippen molar-refractivity contribution in [2.45, 2.75) is 0 Å². The molecule has 0 aliphatic rings. The SMILES string of the molecule is O.O.O=S(=O)([O-])[O-].O=S(=O)([O-])[O-].O=S(=O)([O-])[O-].O=S(=O)([O-])[O-].O=S(=O)([O-])[O-].[Al+3].[Al+3].[Mg+2].[Mg+2]. The van der Waals surface area contributed by atoms with Crippen molar-refractivity contribution in [2.75, 3.05) is 0 Å². The fourth-order valence-corrected chi connectivity index (χ4v) is 0. The second-order valence-corrected chi connectivity index (χ2v) is 6.12. The van der Waals surface area contributed by atoms with E-state index in [2.05, 4.69) is 0 Å². The zero-order valence-electron chi connectivity index (χ0n) is 13.8. The monoisotopic (exact) mass is 618 g/mol. The second-order valence-electron chi connectivity index (χ2n) is 2.04. The molecule has 0 bridgehead atoms. The number of rotatable bonds is 0. The summed E-state index contributed by atoms with van der Waals surface area (Å²) in [5.41, 5.74) is 0. The van der Waals surface area contributed by atoms with Crippen LogP contribution in [0.15, 0.2) is 0 Å². The molecule has 0 radical (unpaired) electrons. The molecule has 0 aromatic carbocycles. The summed E-state index contributed by atoms with van der Waals surface area (Å²) < 4.78 is 170. The molecular formula is H4Al2Mg2O22S5. The predicted molar refractivity (Wildman–Crippen MR) is 82.6 cm³/mol. The molecule has 0 unspecified atom stereocenters. The van der Waals surface area contributed by atoms with Gasteiger partial charge in [-0.1, -0.05) is 0 Å². The van der Waals surface area contributed by atoms with Crippen molar-refractivity contribution in [3.05, 3.63) is 0 Å². The van der Waals surface area contributed by atoms with Crippen LogP contribution in [0.5, 0.6) is 0 Å². The Morgan fingerprint density at radius 1 is 0.290 bits per heavy atom. The zero-order valence-corrected chi connectivity index (χ0v) is 23.0. The molecule has 176 valence electrons. The van der Waals surface area contributed by atoms with Gasteiger partial charge in [0.05, 0.1) is 0 Å². The first-order valence-electron chi connectivity index (χ1n) is 3.33. The van der Waals surface area contributed by atoms with Crippen LogP contribution in [-0.4, -0.2) is 179 Å². The van der Waals surface area contributed by atoms with Crippen molar-refractivity contribution in [2.24, 2.45) is 0 Å². The molecule has 4 N–H and O–H groups in total. The average Bonchev–Trinajstić information content (AvgIpc) is 1.79. The summed E-state index contributed by atoms with van der Waals surface area (Å²) >= 11 is 0. The van der Waals surface area contributed by atoms with Crippen molar-refractivity contribution < 1.29 is 98.6 Å². The van der Waals surface area contributed by atoms with Crippen molar-refractivity contribution in [3.8, 4) is 0 Å². The summed E-state index contributed by atoms with van der Waals surface area (Å²) in [6.45, 7) is 0. The maximum absolute atomic E-state index is 8.52. The molecule has 0 atom stereocenters. The maximum Gasteiger partial charge on any atom is 3.00 e. The van der Waals surface area contributed by atoms with E-state index < -0.39 is 52.0 Å². The fourth-order valence-electron chi connectivity index (χ4n) is 0. The van der Waals surface area contributed by atoms with Crippen LogP contribution in [-0.2, 0) is 52.0 Å². The van der Waals surface area contributed by atoms with Crippen LogP contribution in [0.25, 0.3) is 0 Å². The quantitative estimate of drug-likeness (QED) is 0.138. The normalized spacial score (nSPS) is 9.35. The van der Waals surface area contributed by atoms with Crippen molar-refractivity contribution >= 4 is 133 Å². The van der Waals surface area contributed by atoms with Crippen LogP contribution >= 0.6 is 0 Å². The van der Waals surface area contributed by atoms with Gasteiger partial charge in [-0.3, -0.25) is 42.1 Å². The standard InChI is InChI=1S/2Al.2Mg.5H2O4S.2H2O/c;;;;5*1-5(2,3)4;;/h;;;;5*(H2,1,2,3,4);2*1H2/q2*+3;2*+2;;;;;;;/p-10. The Labute approximate surface area is 229 Å². The van der Waals surface area contributed by atoms with Gasteiger partial charge in [0.2, 0.25) is 0 Å². The van der Waals surface area contributed by atoms with Gasteiger partial charge >= 0.3 is 80.8 Å². The molecule has 0 spiro atoms. The van der Waals surface area contributed by atoms with Crippen molar-refractivity contribution in [1.82, 2.24) is 0 Å². The Morgan fingerprint density at radius 2 is 0.290 bits per heavy atom. The summed E-state index contributed by atoms with van der Waals surface area (Å²) in [6.07, 6.45) is 0. The minimum Gasteiger partial charge on any atom is -0.759 e. The first kappa shape index (κ1) is 69.8. The molecule has 0 heterocycles. The van der Waals surface area contributed by atoms with Gasteiger partial charge in [0.1, 0.15) is 0 Å². The van der Waals surface area contributed by atoms with E-state index in [1.807, 2.05) is 0 Å². The minimum absolute atomic E-state index is 0. The Hall–Kier alpha value is 1.87. The van der Waals surface area contributed by atoms with E-state index in [9.17, 15) is 0 Å². The van der Waals surface area contributed by atoms with Gasteiger partial charge < -0.3 is 56.5 Å². The molecule has 0 amide bonds. The van der Waals surface area contributed by atoms with Crippen molar-refractivity contribution in [1.29, 1.82) is 0 Å². The van der Waals surface area contributed by atoms with Crippen molar-refractivity contribution in [3.63, 3.8) is 0 Å². The number of hydrogen-bond acceptors (Lipinski definition) is 20. The summed E-state index contributed by atoms with van der Waals surface area (Å²) in [4.78, 5) is 0. The first-order chi connectivity index (χ1) is 10.0. The smallest absolute Gasteiger partial charge is 0.759 e. The van der Waals surface area contributed by atoms with Gasteiger partial charge in [-0.15, -0.1) is 0 Å². The molecular weight excluding hydrogens is 615 g/mol. The number of hydrogen-bond donors (Lipinski definition) is 0. The Bertz CT molecular complexity index is 630. The molecule has 0 saturated carbocycles. The molecule has 0 fully saturated rings. The van der Waals surface area contributed by atoms with Crippen LogP contribution in [0.1, 0.15) is 0 Å². The molecule has 31 heavy (non-hydrogen) atoms. The molecule has 0 aromatic rings. The van der Waals surface area contributed by atoms with E-state index in [1.165, 1.54) is 0 Å². The summed E-state index contributed by atoms with van der Waals surface area (Å²) in [7, 11) is -25.8. The van der Waals surface area contributed by atoms with Crippen LogP contribution in [0.2, 0.25) is 0 Å². The molecule has 31 heteroatoms. The maximum atomic E-state index is 8.52. The van der Waals surface area contributed by atoms with E-state index in [0.29, 0.717) is 0 Å². The molecule has 0 rings (SSSR count). The second kappa shape index (κ2) is 29.9. The predicted octanol–water partition coefficient (Wildman–Crippen LogP) is -9.86. The molecule has 0 aliphatic heterocycles. The van der Waals surface area contributed by atoms with Crippen LogP contribution < -0.4 is 0 Å². The van der Waals surface area contributed by atoms with Crippen LogP contribution in [0.4, 0.5) is 0 Å². The first-order valence-corrected chi connectivity index (χ1v) is 10.0. The van der Waals surface area contributed by atoms with E-state index in [1.54, 1.807) is 0 Å². The average molecular weight is 619 g/mol. The Morgan fingerprint density at radius 3 is 0.290 bits per heavy atom. The van der Waals surface area contributed by atoms with E-state index in [-0.39, 0.29) is 91.8 Å². The summed E-state index contributed by atoms with van der Waals surface area (Å²) in [6, 6.07) is 0. The third-order valence-electron chi connectivity index (χ3n) is 0. The van der Waals surface area contributed by atoms with Gasteiger partial charge in [-0.25, -0.2) is 0 Å². The van der Waals surface area contributed by atoms with Gasteiger partial charge in [0.15, 0.2) is 0 Å².